The van der Waals surface area contributed by atoms with Crippen molar-refractivity contribution in [3.05, 3.63) is 70.7 Å². The van der Waals surface area contributed by atoms with Crippen LogP contribution in [-0.2, 0) is 16.6 Å². The van der Waals surface area contributed by atoms with Gasteiger partial charge in [0.2, 0.25) is 0 Å². The fourth-order valence-electron chi connectivity index (χ4n) is 3.91. The van der Waals surface area contributed by atoms with Crippen LogP contribution in [0.5, 0.6) is 0 Å². The van der Waals surface area contributed by atoms with E-state index in [9.17, 15) is 0 Å². The molecule has 1 aliphatic rings. The summed E-state index contributed by atoms with van der Waals surface area (Å²) >= 11 is 6.18. The zero-order valence-electron chi connectivity index (χ0n) is 15.2. The molecule has 0 amide bonds. The van der Waals surface area contributed by atoms with Crippen LogP contribution in [0.2, 0.25) is 5.02 Å². The Balaban J connectivity index is 0.00000243. The van der Waals surface area contributed by atoms with Crippen molar-refractivity contribution in [3.8, 4) is 0 Å². The van der Waals surface area contributed by atoms with Gasteiger partial charge in [-0.2, -0.15) is 0 Å². The number of halogens is 2. The number of hydrogen-bond donors (Lipinski definition) is 1. The van der Waals surface area contributed by atoms with Crippen LogP contribution >= 0.6 is 24.0 Å². The molecule has 2 N–H and O–H groups in total. The Bertz CT molecular complexity index is 654. The zero-order valence-corrected chi connectivity index (χ0v) is 16.8. The molecule has 3 rings (SSSR count). The maximum Gasteiger partial charge on any atom is 0.0575 e. The highest BCUT2D eigenvalue weighted by Crippen LogP contribution is 2.40. The summed E-state index contributed by atoms with van der Waals surface area (Å²) in [5.74, 6) is 0. The summed E-state index contributed by atoms with van der Waals surface area (Å²) in [6, 6.07) is 18.8. The monoisotopic (exact) mass is 393 g/mol. The number of rotatable bonds is 7. The predicted molar refractivity (Wildman–Crippen MR) is 112 cm³/mol. The molecule has 1 aliphatic carbocycles. The first-order chi connectivity index (χ1) is 12.2. The summed E-state index contributed by atoms with van der Waals surface area (Å²) in [6.45, 7) is 1.51. The average Bonchev–Trinajstić information content (AvgIpc) is 2.67. The van der Waals surface area contributed by atoms with E-state index in [0.29, 0.717) is 12.6 Å². The molecule has 0 atom stereocenters. The van der Waals surface area contributed by atoms with E-state index in [-0.39, 0.29) is 17.8 Å². The number of hydrogen-bond acceptors (Lipinski definition) is 2. The second-order valence-electron chi connectivity index (χ2n) is 7.15. The van der Waals surface area contributed by atoms with E-state index in [1.165, 1.54) is 11.1 Å². The van der Waals surface area contributed by atoms with Gasteiger partial charge in [-0.3, -0.25) is 0 Å². The van der Waals surface area contributed by atoms with Crippen molar-refractivity contribution >= 4 is 24.0 Å². The van der Waals surface area contributed by atoms with Crippen LogP contribution in [0.4, 0.5) is 0 Å². The minimum Gasteiger partial charge on any atom is -0.378 e. The number of ether oxygens (including phenoxy) is 1. The van der Waals surface area contributed by atoms with Gasteiger partial charge >= 0.3 is 0 Å². The van der Waals surface area contributed by atoms with E-state index in [2.05, 4.69) is 42.5 Å². The first-order valence-corrected chi connectivity index (χ1v) is 9.71. The lowest BCUT2D eigenvalue weighted by Crippen LogP contribution is -2.40. The molecule has 0 heterocycles. The fraction of sp³-hybridized carbons (Fsp3) is 0.455. The maximum absolute atomic E-state index is 6.18. The summed E-state index contributed by atoms with van der Waals surface area (Å²) in [5.41, 5.74) is 8.90. The van der Waals surface area contributed by atoms with Crippen molar-refractivity contribution in [3.63, 3.8) is 0 Å². The largest absolute Gasteiger partial charge is 0.378 e. The van der Waals surface area contributed by atoms with Crippen molar-refractivity contribution in [2.45, 2.75) is 50.0 Å². The van der Waals surface area contributed by atoms with Crippen LogP contribution in [0.3, 0.4) is 0 Å². The van der Waals surface area contributed by atoms with Crippen molar-refractivity contribution in [2.24, 2.45) is 5.73 Å². The van der Waals surface area contributed by atoms with E-state index in [0.717, 1.165) is 50.2 Å². The van der Waals surface area contributed by atoms with Crippen molar-refractivity contribution < 1.29 is 4.74 Å². The lowest BCUT2D eigenvalue weighted by Gasteiger charge is -2.40. The van der Waals surface area contributed by atoms with E-state index in [1.54, 1.807) is 0 Å². The zero-order chi connectivity index (χ0) is 17.5. The summed E-state index contributed by atoms with van der Waals surface area (Å²) in [4.78, 5) is 0. The van der Waals surface area contributed by atoms with Crippen LogP contribution in [0.15, 0.2) is 54.6 Å². The Morgan fingerprint density at radius 2 is 1.77 bits per heavy atom. The molecular weight excluding hydrogens is 365 g/mol. The Labute approximate surface area is 168 Å². The Morgan fingerprint density at radius 3 is 2.42 bits per heavy atom. The van der Waals surface area contributed by atoms with Gasteiger partial charge in [-0.05, 0) is 61.8 Å². The quantitative estimate of drug-likeness (QED) is 0.625. The molecule has 1 fully saturated rings. The Kier molecular flexibility index (Phi) is 8.43. The van der Waals surface area contributed by atoms with Gasteiger partial charge in [-0.1, -0.05) is 54.1 Å². The van der Waals surface area contributed by atoms with Crippen LogP contribution in [-0.4, -0.2) is 19.3 Å². The Hall–Kier alpha value is -1.06. The van der Waals surface area contributed by atoms with E-state index < -0.39 is 0 Å². The summed E-state index contributed by atoms with van der Waals surface area (Å²) < 4.78 is 6.14. The number of aryl methyl sites for hydroxylation is 1. The van der Waals surface area contributed by atoms with Crippen molar-refractivity contribution in [2.75, 3.05) is 13.2 Å². The lowest BCUT2D eigenvalue weighted by molar-refractivity contribution is 0.0121. The average molecular weight is 394 g/mol. The topological polar surface area (TPSA) is 35.2 Å². The standard InChI is InChI=1S/C22H28ClNO.ClH/c23-20-10-4-9-19(16-20)22(17-24)13-11-21(12-14-22)25-15-5-8-18-6-2-1-3-7-18;/h1-4,6-7,9-10,16,21H,5,8,11-15,17,24H2;1H. The molecule has 142 valence electrons. The van der Waals surface area contributed by atoms with Gasteiger partial charge in [0.1, 0.15) is 0 Å². The molecule has 0 spiro atoms. The van der Waals surface area contributed by atoms with Gasteiger partial charge in [0, 0.05) is 23.6 Å². The molecule has 0 bridgehead atoms. The number of nitrogens with two attached hydrogens (primary N) is 1. The molecule has 0 saturated heterocycles. The molecule has 2 aromatic rings. The van der Waals surface area contributed by atoms with Gasteiger partial charge in [-0.15, -0.1) is 12.4 Å². The minimum absolute atomic E-state index is 0. The van der Waals surface area contributed by atoms with Crippen molar-refractivity contribution in [1.29, 1.82) is 0 Å². The van der Waals surface area contributed by atoms with E-state index in [1.807, 2.05) is 12.1 Å². The highest BCUT2D eigenvalue weighted by Gasteiger charge is 2.36. The van der Waals surface area contributed by atoms with Crippen LogP contribution < -0.4 is 5.73 Å². The molecule has 4 heteroatoms. The third kappa shape index (κ3) is 5.47. The first kappa shape index (κ1) is 21.2. The second kappa shape index (κ2) is 10.3. The van der Waals surface area contributed by atoms with Gasteiger partial charge in [-0.25, -0.2) is 0 Å². The van der Waals surface area contributed by atoms with Crippen molar-refractivity contribution in [1.82, 2.24) is 0 Å². The fourth-order valence-corrected chi connectivity index (χ4v) is 4.10. The SMILES string of the molecule is Cl.NCC1(c2cccc(Cl)c2)CCC(OCCCc2ccccc2)CC1. The van der Waals surface area contributed by atoms with Gasteiger partial charge < -0.3 is 10.5 Å². The molecular formula is C22H29Cl2NO. The lowest BCUT2D eigenvalue weighted by atomic mass is 9.69. The van der Waals surface area contributed by atoms with Crippen LogP contribution in [0, 0.1) is 0 Å². The third-order valence-corrected chi connectivity index (χ3v) is 5.76. The molecule has 26 heavy (non-hydrogen) atoms. The highest BCUT2D eigenvalue weighted by atomic mass is 35.5. The molecule has 0 unspecified atom stereocenters. The molecule has 0 aromatic heterocycles. The summed E-state index contributed by atoms with van der Waals surface area (Å²) in [6.07, 6.45) is 6.85. The van der Waals surface area contributed by atoms with Gasteiger partial charge in [0.25, 0.3) is 0 Å². The molecule has 0 radical (unpaired) electrons. The molecule has 0 aliphatic heterocycles. The van der Waals surface area contributed by atoms with E-state index >= 15 is 0 Å². The summed E-state index contributed by atoms with van der Waals surface area (Å²) in [7, 11) is 0. The normalized spacial score (nSPS) is 22.6. The van der Waals surface area contributed by atoms with E-state index in [4.69, 9.17) is 22.1 Å². The molecule has 2 nitrogen and oxygen atoms in total. The van der Waals surface area contributed by atoms with Crippen LogP contribution in [0.1, 0.15) is 43.2 Å². The highest BCUT2D eigenvalue weighted by molar-refractivity contribution is 6.30. The second-order valence-corrected chi connectivity index (χ2v) is 7.59. The maximum atomic E-state index is 6.18. The Morgan fingerprint density at radius 1 is 1.04 bits per heavy atom. The molecule has 2 aromatic carbocycles. The number of benzene rings is 2. The predicted octanol–water partition coefficient (Wildman–Crippen LogP) is 5.55. The first-order valence-electron chi connectivity index (χ1n) is 9.33. The summed E-state index contributed by atoms with van der Waals surface area (Å²) in [5, 5.41) is 0.796. The van der Waals surface area contributed by atoms with Gasteiger partial charge in [0.05, 0.1) is 6.10 Å². The molecule has 1 saturated carbocycles. The van der Waals surface area contributed by atoms with Gasteiger partial charge in [0.15, 0.2) is 0 Å². The third-order valence-electron chi connectivity index (χ3n) is 5.52. The minimum atomic E-state index is 0. The van der Waals surface area contributed by atoms with Crippen LogP contribution in [0.25, 0.3) is 0 Å². The smallest absolute Gasteiger partial charge is 0.0575 e.